The molecule has 0 aromatic heterocycles. The van der Waals surface area contributed by atoms with Crippen molar-refractivity contribution >= 4 is 0 Å². The van der Waals surface area contributed by atoms with Crippen LogP contribution in [0.3, 0.4) is 0 Å². The van der Waals surface area contributed by atoms with Gasteiger partial charge in [0.2, 0.25) is 0 Å². The molecular weight excluding hydrogens is 202 g/mol. The van der Waals surface area contributed by atoms with E-state index in [4.69, 9.17) is 9.84 Å². The first-order valence-corrected chi connectivity index (χ1v) is 5.86. The highest BCUT2D eigenvalue weighted by atomic mass is 16.5. The summed E-state index contributed by atoms with van der Waals surface area (Å²) in [5.74, 6) is 0.922. The third-order valence-electron chi connectivity index (χ3n) is 2.57. The van der Waals surface area contributed by atoms with Crippen molar-refractivity contribution in [1.29, 1.82) is 0 Å². The van der Waals surface area contributed by atoms with E-state index in [2.05, 4.69) is 12.2 Å². The van der Waals surface area contributed by atoms with Gasteiger partial charge in [0.05, 0.1) is 13.2 Å². The largest absolute Gasteiger partial charge is 0.494 e. The van der Waals surface area contributed by atoms with Crippen LogP contribution in [0.1, 0.15) is 25.8 Å². The van der Waals surface area contributed by atoms with Crippen molar-refractivity contribution in [3.05, 3.63) is 29.8 Å². The molecule has 0 aliphatic heterocycles. The summed E-state index contributed by atoms with van der Waals surface area (Å²) in [7, 11) is 0. The van der Waals surface area contributed by atoms with Gasteiger partial charge in [-0.3, -0.25) is 0 Å². The number of aliphatic hydroxyl groups excluding tert-OH is 1. The van der Waals surface area contributed by atoms with E-state index in [1.54, 1.807) is 0 Å². The number of ether oxygens (including phenoxy) is 1. The summed E-state index contributed by atoms with van der Waals surface area (Å²) in [5.41, 5.74) is 1.14. The van der Waals surface area contributed by atoms with E-state index in [1.807, 2.05) is 31.2 Å². The maximum Gasteiger partial charge on any atom is 0.123 e. The molecule has 1 aromatic rings. The zero-order valence-corrected chi connectivity index (χ0v) is 10.1. The SMILES string of the molecule is CCOc1ccccc1CN[C@H](CC)CO. The maximum atomic E-state index is 9.08. The number of para-hydroxylation sites is 1. The summed E-state index contributed by atoms with van der Waals surface area (Å²) in [6.45, 7) is 5.62. The van der Waals surface area contributed by atoms with Gasteiger partial charge in [0.1, 0.15) is 5.75 Å². The fourth-order valence-corrected chi connectivity index (χ4v) is 1.54. The van der Waals surface area contributed by atoms with E-state index in [0.717, 1.165) is 24.3 Å². The molecule has 2 N–H and O–H groups in total. The normalized spacial score (nSPS) is 12.4. The summed E-state index contributed by atoms with van der Waals surface area (Å²) in [5, 5.41) is 12.4. The van der Waals surface area contributed by atoms with E-state index in [9.17, 15) is 0 Å². The molecule has 1 aromatic carbocycles. The van der Waals surface area contributed by atoms with Crippen LogP contribution in [0.5, 0.6) is 5.75 Å². The van der Waals surface area contributed by atoms with Gasteiger partial charge in [-0.1, -0.05) is 25.1 Å². The third kappa shape index (κ3) is 3.83. The molecule has 0 aliphatic rings. The minimum absolute atomic E-state index is 0.162. The first-order chi connectivity index (χ1) is 7.81. The van der Waals surface area contributed by atoms with Crippen molar-refractivity contribution in [2.45, 2.75) is 32.9 Å². The molecule has 1 atom stereocenters. The lowest BCUT2D eigenvalue weighted by atomic mass is 10.1. The van der Waals surface area contributed by atoms with E-state index < -0.39 is 0 Å². The molecule has 0 saturated carbocycles. The number of nitrogens with one attached hydrogen (secondary N) is 1. The Labute approximate surface area is 97.4 Å². The second-order valence-electron chi connectivity index (χ2n) is 3.71. The smallest absolute Gasteiger partial charge is 0.123 e. The summed E-state index contributed by atoms with van der Waals surface area (Å²) >= 11 is 0. The molecule has 0 bridgehead atoms. The molecule has 3 heteroatoms. The van der Waals surface area contributed by atoms with Crippen molar-refractivity contribution in [3.63, 3.8) is 0 Å². The Balaban J connectivity index is 2.58. The van der Waals surface area contributed by atoms with Crippen molar-refractivity contribution in [1.82, 2.24) is 5.32 Å². The first kappa shape index (κ1) is 13.0. The van der Waals surface area contributed by atoms with E-state index in [0.29, 0.717) is 6.61 Å². The van der Waals surface area contributed by atoms with Gasteiger partial charge < -0.3 is 15.2 Å². The average molecular weight is 223 g/mol. The Kier molecular flexibility index (Phi) is 5.90. The average Bonchev–Trinajstić information content (AvgIpc) is 2.33. The Hall–Kier alpha value is -1.06. The third-order valence-corrected chi connectivity index (χ3v) is 2.57. The molecule has 0 radical (unpaired) electrons. The van der Waals surface area contributed by atoms with Crippen LogP contribution >= 0.6 is 0 Å². The molecule has 90 valence electrons. The lowest BCUT2D eigenvalue weighted by Gasteiger charge is -2.15. The molecule has 16 heavy (non-hydrogen) atoms. The van der Waals surface area contributed by atoms with Gasteiger partial charge in [0.15, 0.2) is 0 Å². The van der Waals surface area contributed by atoms with Gasteiger partial charge in [-0.2, -0.15) is 0 Å². The first-order valence-electron chi connectivity index (χ1n) is 5.86. The molecule has 0 fully saturated rings. The van der Waals surface area contributed by atoms with Gasteiger partial charge >= 0.3 is 0 Å². The monoisotopic (exact) mass is 223 g/mol. The van der Waals surface area contributed by atoms with Gasteiger partial charge in [-0.05, 0) is 19.4 Å². The maximum absolute atomic E-state index is 9.08. The van der Waals surface area contributed by atoms with Crippen LogP contribution in [0, 0.1) is 0 Å². The summed E-state index contributed by atoms with van der Waals surface area (Å²) in [6.07, 6.45) is 0.924. The molecule has 0 unspecified atom stereocenters. The molecule has 0 aliphatic carbocycles. The topological polar surface area (TPSA) is 41.5 Å². The Morgan fingerprint density at radius 2 is 2.06 bits per heavy atom. The van der Waals surface area contributed by atoms with Crippen LogP contribution in [0.25, 0.3) is 0 Å². The molecular formula is C13H21NO2. The van der Waals surface area contributed by atoms with Crippen LogP contribution in [-0.2, 0) is 6.54 Å². The van der Waals surface area contributed by atoms with Crippen molar-refractivity contribution in [2.24, 2.45) is 0 Å². The van der Waals surface area contributed by atoms with Crippen LogP contribution in [0.4, 0.5) is 0 Å². The zero-order chi connectivity index (χ0) is 11.8. The lowest BCUT2D eigenvalue weighted by Crippen LogP contribution is -2.31. The predicted octanol–water partition coefficient (Wildman–Crippen LogP) is 1.95. The number of aliphatic hydroxyl groups is 1. The van der Waals surface area contributed by atoms with Gasteiger partial charge in [-0.25, -0.2) is 0 Å². The quantitative estimate of drug-likeness (QED) is 0.742. The standard InChI is InChI=1S/C13H21NO2/c1-3-12(10-15)14-9-11-7-5-6-8-13(11)16-4-2/h5-8,12,14-15H,3-4,9-10H2,1-2H3/t12-/m1/s1. The molecule has 0 amide bonds. The Morgan fingerprint density at radius 1 is 1.31 bits per heavy atom. The highest BCUT2D eigenvalue weighted by Crippen LogP contribution is 2.17. The van der Waals surface area contributed by atoms with Crippen LogP contribution < -0.4 is 10.1 Å². The molecule has 3 nitrogen and oxygen atoms in total. The second kappa shape index (κ2) is 7.25. The van der Waals surface area contributed by atoms with Gasteiger partial charge in [0.25, 0.3) is 0 Å². The van der Waals surface area contributed by atoms with E-state index in [1.165, 1.54) is 0 Å². The van der Waals surface area contributed by atoms with Crippen molar-refractivity contribution in [2.75, 3.05) is 13.2 Å². The number of benzene rings is 1. The van der Waals surface area contributed by atoms with Gasteiger partial charge in [-0.15, -0.1) is 0 Å². The van der Waals surface area contributed by atoms with E-state index >= 15 is 0 Å². The Bertz CT molecular complexity index is 298. The van der Waals surface area contributed by atoms with Crippen molar-refractivity contribution in [3.8, 4) is 5.75 Å². The predicted molar refractivity (Wildman–Crippen MR) is 65.6 cm³/mol. The van der Waals surface area contributed by atoms with E-state index in [-0.39, 0.29) is 12.6 Å². The lowest BCUT2D eigenvalue weighted by molar-refractivity contribution is 0.237. The fraction of sp³-hybridized carbons (Fsp3) is 0.538. The number of hydrogen-bond donors (Lipinski definition) is 2. The summed E-state index contributed by atoms with van der Waals surface area (Å²) in [4.78, 5) is 0. The second-order valence-corrected chi connectivity index (χ2v) is 3.71. The zero-order valence-electron chi connectivity index (χ0n) is 10.1. The van der Waals surface area contributed by atoms with Crippen LogP contribution in [-0.4, -0.2) is 24.4 Å². The molecule has 0 spiro atoms. The highest BCUT2D eigenvalue weighted by molar-refractivity contribution is 5.33. The Morgan fingerprint density at radius 3 is 2.69 bits per heavy atom. The van der Waals surface area contributed by atoms with Gasteiger partial charge in [0, 0.05) is 18.2 Å². The van der Waals surface area contributed by atoms with Crippen molar-refractivity contribution < 1.29 is 9.84 Å². The molecule has 1 rings (SSSR count). The molecule has 0 saturated heterocycles. The number of hydrogen-bond acceptors (Lipinski definition) is 3. The highest BCUT2D eigenvalue weighted by Gasteiger charge is 2.06. The van der Waals surface area contributed by atoms with Crippen LogP contribution in [0.2, 0.25) is 0 Å². The summed E-state index contributed by atoms with van der Waals surface area (Å²) in [6, 6.07) is 8.15. The summed E-state index contributed by atoms with van der Waals surface area (Å²) < 4.78 is 5.53. The fourth-order valence-electron chi connectivity index (χ4n) is 1.54. The molecule has 0 heterocycles. The van der Waals surface area contributed by atoms with Crippen LogP contribution in [0.15, 0.2) is 24.3 Å². The number of rotatable bonds is 7. The minimum Gasteiger partial charge on any atom is -0.494 e. The minimum atomic E-state index is 0.162.